The lowest BCUT2D eigenvalue weighted by molar-refractivity contribution is -0.147. The largest absolute Gasteiger partial charge is 0.493 e. The van der Waals surface area contributed by atoms with Crippen LogP contribution >= 0.6 is 0 Å². The molecule has 1 rings (SSSR count). The van der Waals surface area contributed by atoms with Gasteiger partial charge in [-0.1, -0.05) is 121 Å². The van der Waals surface area contributed by atoms with Gasteiger partial charge in [0.25, 0.3) is 0 Å². The first-order chi connectivity index (χ1) is 18.4. The molecule has 214 valence electrons. The van der Waals surface area contributed by atoms with Gasteiger partial charge in [0, 0.05) is 11.6 Å². The Bertz CT molecular complexity index is 806. The van der Waals surface area contributed by atoms with E-state index in [1.165, 1.54) is 102 Å². The number of carboxylic acids is 2. The van der Waals surface area contributed by atoms with Crippen LogP contribution < -0.4 is 4.74 Å². The number of para-hydroxylation sites is 1. The lowest BCUT2D eigenvalue weighted by Crippen LogP contribution is -2.38. The van der Waals surface area contributed by atoms with Crippen molar-refractivity contribution < 1.29 is 29.3 Å². The minimum Gasteiger partial charge on any atom is -0.493 e. The second-order valence-corrected chi connectivity index (χ2v) is 10.0. The van der Waals surface area contributed by atoms with Crippen molar-refractivity contribution in [2.45, 2.75) is 110 Å². The Balaban J connectivity index is 2.18. The number of unbranched alkanes of at least 4 members (excludes halogenated alkanes) is 15. The second-order valence-electron chi connectivity index (χ2n) is 10.0. The molecule has 0 unspecified atom stereocenters. The molecule has 0 aliphatic heterocycles. The number of hydrogen-bond donors (Lipinski definition) is 2. The summed E-state index contributed by atoms with van der Waals surface area (Å²) in [5, 5.41) is 17.8. The van der Waals surface area contributed by atoms with Crippen LogP contribution in [0.4, 0.5) is 0 Å². The number of carboxylic acid groups (broad SMARTS) is 2. The third-order valence-corrected chi connectivity index (χ3v) is 6.54. The predicted octanol–water partition coefficient (Wildman–Crippen LogP) is 7.34. The monoisotopic (exact) mass is 531 g/mol. The molecule has 0 saturated heterocycles. The number of hydrogen-bond acceptors (Lipinski definition) is 4. The van der Waals surface area contributed by atoms with E-state index in [1.54, 1.807) is 6.07 Å². The van der Waals surface area contributed by atoms with Crippen LogP contribution in [0.5, 0.6) is 5.75 Å². The van der Waals surface area contributed by atoms with Crippen molar-refractivity contribution in [1.82, 2.24) is 4.90 Å². The maximum Gasteiger partial charge on any atom is 0.323 e. The Morgan fingerprint density at radius 3 is 1.63 bits per heavy atom. The number of rotatable bonds is 24. The van der Waals surface area contributed by atoms with E-state index in [1.807, 2.05) is 18.2 Å². The van der Waals surface area contributed by atoms with Crippen molar-refractivity contribution >= 4 is 23.9 Å². The van der Waals surface area contributed by atoms with Gasteiger partial charge >= 0.3 is 11.9 Å². The molecule has 7 heteroatoms. The Morgan fingerprint density at radius 1 is 0.711 bits per heavy atom. The summed E-state index contributed by atoms with van der Waals surface area (Å²) in [6.07, 6.45) is 23.8. The minimum atomic E-state index is -1.27. The molecular formula is C31H49NO6. The van der Waals surface area contributed by atoms with Gasteiger partial charge in [0.1, 0.15) is 18.8 Å². The number of aliphatic carboxylic acids is 2. The van der Waals surface area contributed by atoms with Crippen molar-refractivity contribution in [2.75, 3.05) is 19.7 Å². The van der Waals surface area contributed by atoms with E-state index in [-0.39, 0.29) is 0 Å². The average molecular weight is 532 g/mol. The quantitative estimate of drug-likeness (QED) is 0.107. The van der Waals surface area contributed by atoms with Gasteiger partial charge in [0.05, 0.1) is 6.61 Å². The molecule has 1 aromatic carbocycles. The van der Waals surface area contributed by atoms with E-state index in [0.717, 1.165) is 17.7 Å². The van der Waals surface area contributed by atoms with E-state index in [2.05, 4.69) is 6.92 Å². The third kappa shape index (κ3) is 17.6. The summed E-state index contributed by atoms with van der Waals surface area (Å²) in [7, 11) is 0. The van der Waals surface area contributed by atoms with E-state index in [0.29, 0.717) is 17.9 Å². The number of ether oxygens (including phenoxy) is 1. The summed E-state index contributed by atoms with van der Waals surface area (Å²) in [4.78, 5) is 34.9. The first kappa shape index (κ1) is 33.2. The van der Waals surface area contributed by atoms with Crippen LogP contribution in [0.3, 0.4) is 0 Å². The van der Waals surface area contributed by atoms with Crippen molar-refractivity contribution in [3.63, 3.8) is 0 Å². The fourth-order valence-electron chi connectivity index (χ4n) is 4.39. The van der Waals surface area contributed by atoms with Gasteiger partial charge in [0.15, 0.2) is 0 Å². The summed E-state index contributed by atoms with van der Waals surface area (Å²) in [6.45, 7) is 1.50. The number of benzene rings is 1. The van der Waals surface area contributed by atoms with Gasteiger partial charge in [-0.25, -0.2) is 0 Å². The number of amides is 1. The number of carbonyl (C=O) groups is 3. The van der Waals surface area contributed by atoms with Crippen LogP contribution in [0.1, 0.15) is 115 Å². The molecule has 0 spiro atoms. The Kier molecular flexibility index (Phi) is 19.4. The molecule has 1 amide bonds. The zero-order valence-electron chi connectivity index (χ0n) is 23.4. The third-order valence-electron chi connectivity index (χ3n) is 6.54. The molecule has 0 radical (unpaired) electrons. The van der Waals surface area contributed by atoms with Crippen molar-refractivity contribution in [2.24, 2.45) is 0 Å². The van der Waals surface area contributed by atoms with Crippen LogP contribution in [0.2, 0.25) is 0 Å². The van der Waals surface area contributed by atoms with Gasteiger partial charge in [-0.2, -0.15) is 0 Å². The van der Waals surface area contributed by atoms with Crippen LogP contribution in [0, 0.1) is 0 Å². The van der Waals surface area contributed by atoms with Crippen LogP contribution in [0.15, 0.2) is 30.3 Å². The Hall–Kier alpha value is -2.83. The minimum absolute atomic E-state index is 0.585. The lowest BCUT2D eigenvalue weighted by atomic mass is 10.0. The van der Waals surface area contributed by atoms with Crippen molar-refractivity contribution in [3.8, 4) is 5.75 Å². The summed E-state index contributed by atoms with van der Waals surface area (Å²) in [6, 6.07) is 7.29. The SMILES string of the molecule is CCCCCCCCCCCCCCCCCCOc1ccccc1C=CC(=O)N(CC(=O)O)CC(=O)O. The Morgan fingerprint density at radius 2 is 1.16 bits per heavy atom. The molecule has 0 bridgehead atoms. The summed E-state index contributed by atoms with van der Waals surface area (Å²) < 4.78 is 5.91. The maximum atomic E-state index is 12.3. The molecule has 1 aromatic rings. The molecule has 0 aliphatic carbocycles. The Labute approximate surface area is 229 Å². The highest BCUT2D eigenvalue weighted by Gasteiger charge is 2.17. The highest BCUT2D eigenvalue weighted by molar-refractivity contribution is 5.95. The molecule has 0 aliphatic rings. The molecule has 0 aromatic heterocycles. The molecule has 0 atom stereocenters. The fourth-order valence-corrected chi connectivity index (χ4v) is 4.39. The number of nitrogens with zero attached hydrogens (tertiary/aromatic N) is 1. The smallest absolute Gasteiger partial charge is 0.323 e. The van der Waals surface area contributed by atoms with Crippen LogP contribution in [-0.4, -0.2) is 52.7 Å². The van der Waals surface area contributed by atoms with Gasteiger partial charge < -0.3 is 19.8 Å². The standard InChI is InChI=1S/C31H49NO6/c1-2-3-4-5-6-7-8-9-10-11-12-13-14-15-16-19-24-38-28-21-18-17-20-27(28)22-23-29(33)32(25-30(34)35)26-31(36)37/h17-18,20-23H,2-16,19,24-26H2,1H3,(H,34,35)(H,36,37). The van der Waals surface area contributed by atoms with Crippen molar-refractivity contribution in [3.05, 3.63) is 35.9 Å². The van der Waals surface area contributed by atoms with E-state index < -0.39 is 30.9 Å². The average Bonchev–Trinajstić information content (AvgIpc) is 2.88. The summed E-state index contributed by atoms with van der Waals surface area (Å²) in [5.74, 6) is -2.57. The molecule has 0 saturated carbocycles. The van der Waals surface area contributed by atoms with Crippen LogP contribution in [-0.2, 0) is 14.4 Å². The van der Waals surface area contributed by atoms with Gasteiger partial charge in [-0.15, -0.1) is 0 Å². The molecule has 7 nitrogen and oxygen atoms in total. The van der Waals surface area contributed by atoms with Crippen LogP contribution in [0.25, 0.3) is 6.08 Å². The number of carbonyl (C=O) groups excluding carboxylic acids is 1. The second kappa shape index (κ2) is 22.2. The van der Waals surface area contributed by atoms with Gasteiger partial charge in [-0.3, -0.25) is 14.4 Å². The maximum absolute atomic E-state index is 12.3. The fraction of sp³-hybridized carbons (Fsp3) is 0.645. The van der Waals surface area contributed by atoms with E-state index >= 15 is 0 Å². The highest BCUT2D eigenvalue weighted by Crippen LogP contribution is 2.20. The normalized spacial score (nSPS) is 11.1. The van der Waals surface area contributed by atoms with Gasteiger partial charge in [0.2, 0.25) is 5.91 Å². The highest BCUT2D eigenvalue weighted by atomic mass is 16.5. The first-order valence-electron chi connectivity index (χ1n) is 14.6. The molecule has 38 heavy (non-hydrogen) atoms. The zero-order valence-corrected chi connectivity index (χ0v) is 23.4. The van der Waals surface area contributed by atoms with E-state index in [4.69, 9.17) is 14.9 Å². The molecule has 0 fully saturated rings. The first-order valence-corrected chi connectivity index (χ1v) is 14.6. The molecule has 2 N–H and O–H groups in total. The molecular weight excluding hydrogens is 482 g/mol. The molecule has 0 heterocycles. The van der Waals surface area contributed by atoms with Gasteiger partial charge in [-0.05, 0) is 18.6 Å². The lowest BCUT2D eigenvalue weighted by Gasteiger charge is -2.16. The van der Waals surface area contributed by atoms with E-state index in [9.17, 15) is 14.4 Å². The zero-order chi connectivity index (χ0) is 27.8. The summed E-state index contributed by atoms with van der Waals surface area (Å²) in [5.41, 5.74) is 0.683. The topological polar surface area (TPSA) is 104 Å². The summed E-state index contributed by atoms with van der Waals surface area (Å²) >= 11 is 0. The predicted molar refractivity (Wildman–Crippen MR) is 152 cm³/mol. The van der Waals surface area contributed by atoms with Crippen molar-refractivity contribution in [1.29, 1.82) is 0 Å².